The van der Waals surface area contributed by atoms with Crippen LogP contribution in [0.4, 0.5) is 0 Å². The predicted octanol–water partition coefficient (Wildman–Crippen LogP) is 0.747. The fourth-order valence-corrected chi connectivity index (χ4v) is 2.97. The Morgan fingerprint density at radius 1 is 0.906 bits per heavy atom. The van der Waals surface area contributed by atoms with E-state index in [-0.39, 0.29) is 38.0 Å². The minimum absolute atomic E-state index is 0.0113. The van der Waals surface area contributed by atoms with Crippen molar-refractivity contribution in [1.29, 1.82) is 0 Å². The molecule has 0 spiro atoms. The molecule has 10 heteroatoms. The summed E-state index contributed by atoms with van der Waals surface area (Å²) in [5, 5.41) is 5.12. The summed E-state index contributed by atoms with van der Waals surface area (Å²) in [6, 6.07) is 7.57. The molecule has 0 fully saturated rings. The Labute approximate surface area is 187 Å². The molecule has 4 N–H and O–H groups in total. The van der Waals surface area contributed by atoms with Crippen LogP contribution in [0.3, 0.4) is 0 Å². The van der Waals surface area contributed by atoms with Crippen molar-refractivity contribution in [3.05, 3.63) is 35.9 Å². The largest absolute Gasteiger partial charge is 0.466 e. The van der Waals surface area contributed by atoms with E-state index < -0.39 is 42.1 Å². The SMILES string of the molecule is CCOC(=O)C[C@@H](C(=O)OCC)[C@@H](NC(=O)CCC(=O)N[C@H](C)c1ccccc1)C(N)=O. The number of nitrogens with two attached hydrogens (primary N) is 1. The zero-order valence-corrected chi connectivity index (χ0v) is 18.6. The lowest BCUT2D eigenvalue weighted by atomic mass is 9.95. The topological polar surface area (TPSA) is 154 Å². The van der Waals surface area contributed by atoms with E-state index in [1.807, 2.05) is 37.3 Å². The van der Waals surface area contributed by atoms with Gasteiger partial charge in [-0.15, -0.1) is 0 Å². The minimum Gasteiger partial charge on any atom is -0.466 e. The lowest BCUT2D eigenvalue weighted by molar-refractivity contribution is -0.157. The summed E-state index contributed by atoms with van der Waals surface area (Å²) in [5.74, 6) is -4.99. The minimum atomic E-state index is -1.49. The van der Waals surface area contributed by atoms with E-state index in [9.17, 15) is 24.0 Å². The normalized spacial score (nSPS) is 13.2. The van der Waals surface area contributed by atoms with Gasteiger partial charge in [0.05, 0.1) is 31.6 Å². The van der Waals surface area contributed by atoms with Crippen molar-refractivity contribution in [2.75, 3.05) is 13.2 Å². The molecule has 1 aromatic rings. The van der Waals surface area contributed by atoms with Gasteiger partial charge in [0, 0.05) is 12.8 Å². The molecule has 3 atom stereocenters. The zero-order chi connectivity index (χ0) is 24.1. The molecule has 32 heavy (non-hydrogen) atoms. The summed E-state index contributed by atoms with van der Waals surface area (Å²) in [6.07, 6.45) is -0.877. The molecule has 0 heterocycles. The van der Waals surface area contributed by atoms with Gasteiger partial charge in [-0.05, 0) is 26.3 Å². The first-order chi connectivity index (χ1) is 15.2. The Morgan fingerprint density at radius 3 is 2.00 bits per heavy atom. The number of carbonyl (C=O) groups excluding carboxylic acids is 5. The maximum atomic E-state index is 12.3. The standard InChI is InChI=1S/C22H31N3O7/c1-4-31-19(28)13-16(22(30)32-5-2)20(21(23)29)25-18(27)12-11-17(26)24-14(3)15-9-7-6-8-10-15/h6-10,14,16,20H,4-5,11-13H2,1-3H3,(H2,23,29)(H,24,26)(H,25,27)/t14-,16-,20-/m1/s1. The molecule has 0 saturated heterocycles. The quantitative estimate of drug-likeness (QED) is 0.375. The Kier molecular flexibility index (Phi) is 11.5. The van der Waals surface area contributed by atoms with Gasteiger partial charge >= 0.3 is 11.9 Å². The van der Waals surface area contributed by atoms with E-state index in [4.69, 9.17) is 15.2 Å². The molecule has 176 valence electrons. The highest BCUT2D eigenvalue weighted by Crippen LogP contribution is 2.15. The lowest BCUT2D eigenvalue weighted by Gasteiger charge is -2.23. The predicted molar refractivity (Wildman–Crippen MR) is 115 cm³/mol. The highest BCUT2D eigenvalue weighted by atomic mass is 16.5. The van der Waals surface area contributed by atoms with E-state index in [1.54, 1.807) is 13.8 Å². The molecular weight excluding hydrogens is 418 g/mol. The molecule has 3 amide bonds. The van der Waals surface area contributed by atoms with Gasteiger partial charge < -0.3 is 25.8 Å². The number of hydrogen-bond donors (Lipinski definition) is 3. The highest BCUT2D eigenvalue weighted by Gasteiger charge is 2.37. The van der Waals surface area contributed by atoms with Crippen molar-refractivity contribution in [1.82, 2.24) is 10.6 Å². The van der Waals surface area contributed by atoms with Crippen molar-refractivity contribution in [3.8, 4) is 0 Å². The molecule has 0 unspecified atom stereocenters. The van der Waals surface area contributed by atoms with Crippen molar-refractivity contribution in [2.45, 2.75) is 52.1 Å². The number of ether oxygens (including phenoxy) is 2. The summed E-state index contributed by atoms with van der Waals surface area (Å²) in [5.41, 5.74) is 6.28. The van der Waals surface area contributed by atoms with Crippen LogP contribution in [-0.2, 0) is 33.4 Å². The molecule has 0 aromatic heterocycles. The maximum Gasteiger partial charge on any atom is 0.312 e. The second-order valence-corrected chi connectivity index (χ2v) is 7.02. The molecule has 1 rings (SSSR count). The number of nitrogens with one attached hydrogen (secondary N) is 2. The molecule has 1 aromatic carbocycles. The Hall–Kier alpha value is -3.43. The summed E-state index contributed by atoms with van der Waals surface area (Å²) < 4.78 is 9.73. The van der Waals surface area contributed by atoms with Crippen molar-refractivity contribution in [2.24, 2.45) is 11.7 Å². The van der Waals surface area contributed by atoms with Crippen molar-refractivity contribution < 1.29 is 33.4 Å². The fourth-order valence-electron chi connectivity index (χ4n) is 2.97. The Balaban J connectivity index is 2.72. The number of amides is 3. The van der Waals surface area contributed by atoms with Crippen molar-refractivity contribution >= 4 is 29.7 Å². The van der Waals surface area contributed by atoms with Crippen LogP contribution in [0.2, 0.25) is 0 Å². The third kappa shape index (κ3) is 9.15. The number of benzene rings is 1. The van der Waals surface area contributed by atoms with Crippen LogP contribution in [0, 0.1) is 5.92 Å². The molecule has 0 saturated carbocycles. The van der Waals surface area contributed by atoms with Crippen LogP contribution in [0.5, 0.6) is 0 Å². The van der Waals surface area contributed by atoms with Gasteiger partial charge in [-0.25, -0.2) is 0 Å². The molecule has 0 aliphatic carbocycles. The Bertz CT molecular complexity index is 798. The van der Waals surface area contributed by atoms with E-state index in [0.717, 1.165) is 5.56 Å². The summed E-state index contributed by atoms with van der Waals surface area (Å²) >= 11 is 0. The molecule has 10 nitrogen and oxygen atoms in total. The lowest BCUT2D eigenvalue weighted by Crippen LogP contribution is -2.52. The molecular formula is C22H31N3O7. The monoisotopic (exact) mass is 449 g/mol. The van der Waals surface area contributed by atoms with Gasteiger partial charge in [0.2, 0.25) is 17.7 Å². The highest BCUT2D eigenvalue weighted by molar-refractivity contribution is 5.93. The second kappa shape index (κ2) is 13.8. The van der Waals surface area contributed by atoms with Gasteiger partial charge in [0.1, 0.15) is 6.04 Å². The number of hydrogen-bond acceptors (Lipinski definition) is 7. The Morgan fingerprint density at radius 2 is 1.47 bits per heavy atom. The first kappa shape index (κ1) is 26.6. The molecule has 0 aliphatic rings. The van der Waals surface area contributed by atoms with E-state index in [2.05, 4.69) is 10.6 Å². The van der Waals surface area contributed by atoms with Crippen LogP contribution in [0.1, 0.15) is 51.6 Å². The smallest absolute Gasteiger partial charge is 0.312 e. The van der Waals surface area contributed by atoms with Crippen molar-refractivity contribution in [3.63, 3.8) is 0 Å². The van der Waals surface area contributed by atoms with Gasteiger partial charge in [0.15, 0.2) is 0 Å². The summed E-state index contributed by atoms with van der Waals surface area (Å²) in [7, 11) is 0. The van der Waals surface area contributed by atoms with Crippen LogP contribution >= 0.6 is 0 Å². The summed E-state index contributed by atoms with van der Waals surface area (Å²) in [6.45, 7) is 5.06. The number of rotatable bonds is 13. The zero-order valence-electron chi connectivity index (χ0n) is 18.6. The van der Waals surface area contributed by atoms with Crippen LogP contribution in [0.25, 0.3) is 0 Å². The third-order valence-corrected chi connectivity index (χ3v) is 4.56. The first-order valence-electron chi connectivity index (χ1n) is 10.4. The second-order valence-electron chi connectivity index (χ2n) is 7.02. The van der Waals surface area contributed by atoms with Crippen LogP contribution < -0.4 is 16.4 Å². The number of esters is 2. The van der Waals surface area contributed by atoms with Crippen LogP contribution in [0.15, 0.2) is 30.3 Å². The molecule has 0 aliphatic heterocycles. The van der Waals surface area contributed by atoms with Gasteiger partial charge in [-0.2, -0.15) is 0 Å². The third-order valence-electron chi connectivity index (χ3n) is 4.56. The molecule has 0 radical (unpaired) electrons. The van der Waals surface area contributed by atoms with Gasteiger partial charge in [-0.3, -0.25) is 24.0 Å². The van der Waals surface area contributed by atoms with E-state index >= 15 is 0 Å². The molecule has 0 bridgehead atoms. The fraction of sp³-hybridized carbons (Fsp3) is 0.500. The van der Waals surface area contributed by atoms with E-state index in [0.29, 0.717) is 0 Å². The average molecular weight is 450 g/mol. The number of carbonyl (C=O) groups is 5. The van der Waals surface area contributed by atoms with Gasteiger partial charge in [0.25, 0.3) is 0 Å². The summed E-state index contributed by atoms with van der Waals surface area (Å²) in [4.78, 5) is 60.6. The average Bonchev–Trinajstić information content (AvgIpc) is 2.75. The van der Waals surface area contributed by atoms with Gasteiger partial charge in [-0.1, -0.05) is 30.3 Å². The maximum absolute atomic E-state index is 12.3. The first-order valence-corrected chi connectivity index (χ1v) is 10.4. The van der Waals surface area contributed by atoms with Crippen LogP contribution in [-0.4, -0.2) is 48.9 Å². The number of primary amides is 1. The van der Waals surface area contributed by atoms with E-state index in [1.165, 1.54) is 0 Å².